The predicted molar refractivity (Wildman–Crippen MR) is 73.9 cm³/mol. The first-order valence-electron chi connectivity index (χ1n) is 6.36. The zero-order valence-electron chi connectivity index (χ0n) is 10.2. The highest BCUT2D eigenvalue weighted by atomic mass is 32.1. The van der Waals surface area contributed by atoms with Crippen molar-refractivity contribution in [2.45, 2.75) is 25.7 Å². The van der Waals surface area contributed by atoms with E-state index in [0.717, 1.165) is 35.4 Å². The Morgan fingerprint density at radius 3 is 2.94 bits per heavy atom. The average molecular weight is 263 g/mol. The molecule has 4 nitrogen and oxygen atoms in total. The summed E-state index contributed by atoms with van der Waals surface area (Å²) in [4.78, 5) is 9.56. The molecule has 0 aromatic carbocycles. The third-order valence-corrected chi connectivity index (χ3v) is 4.71. The Morgan fingerprint density at radius 2 is 2.17 bits per heavy atom. The Balaban J connectivity index is 1.78. The minimum absolute atomic E-state index is 0.0489. The van der Waals surface area contributed by atoms with Crippen molar-refractivity contribution >= 4 is 27.4 Å². The number of aromatic nitrogens is 2. The standard InChI is InChI=1S/C13H17N3OS/c17-8-13(4-1-2-5-13)7-14-11-10-3-6-18-12(10)16-9-15-11/h3,6,9,17H,1-2,4-5,7-8H2,(H,14,15,16). The lowest BCUT2D eigenvalue weighted by Crippen LogP contribution is -2.30. The average Bonchev–Trinajstić information content (AvgIpc) is 3.06. The summed E-state index contributed by atoms with van der Waals surface area (Å²) in [5.74, 6) is 0.890. The van der Waals surface area contributed by atoms with E-state index in [1.807, 2.05) is 11.4 Å². The molecule has 0 bridgehead atoms. The SMILES string of the molecule is OCC1(CNc2ncnc3sccc23)CCCC1. The van der Waals surface area contributed by atoms with Crippen LogP contribution in [0.25, 0.3) is 10.2 Å². The Bertz CT molecular complexity index is 534. The Labute approximate surface area is 110 Å². The van der Waals surface area contributed by atoms with Crippen LogP contribution in [-0.2, 0) is 0 Å². The summed E-state index contributed by atoms with van der Waals surface area (Å²) in [7, 11) is 0. The van der Waals surface area contributed by atoms with E-state index in [1.54, 1.807) is 17.7 Å². The molecule has 0 unspecified atom stereocenters. The van der Waals surface area contributed by atoms with Gasteiger partial charge in [-0.25, -0.2) is 9.97 Å². The van der Waals surface area contributed by atoms with Gasteiger partial charge in [0.25, 0.3) is 0 Å². The maximum atomic E-state index is 9.60. The molecule has 18 heavy (non-hydrogen) atoms. The molecule has 2 N–H and O–H groups in total. The van der Waals surface area contributed by atoms with Crippen LogP contribution in [-0.4, -0.2) is 28.2 Å². The van der Waals surface area contributed by atoms with Crippen LogP contribution in [0.4, 0.5) is 5.82 Å². The fraction of sp³-hybridized carbons (Fsp3) is 0.538. The molecule has 1 aliphatic carbocycles. The largest absolute Gasteiger partial charge is 0.396 e. The van der Waals surface area contributed by atoms with Crippen LogP contribution < -0.4 is 5.32 Å². The minimum Gasteiger partial charge on any atom is -0.396 e. The van der Waals surface area contributed by atoms with Crippen LogP contribution in [0, 0.1) is 5.41 Å². The van der Waals surface area contributed by atoms with Gasteiger partial charge in [0.1, 0.15) is 17.0 Å². The molecule has 5 heteroatoms. The third-order valence-electron chi connectivity index (χ3n) is 3.89. The summed E-state index contributed by atoms with van der Waals surface area (Å²) >= 11 is 1.62. The Morgan fingerprint density at radius 1 is 1.33 bits per heavy atom. The molecular formula is C13H17N3OS. The number of anilines is 1. The zero-order chi connectivity index (χ0) is 12.4. The Kier molecular flexibility index (Phi) is 3.18. The van der Waals surface area contributed by atoms with E-state index in [1.165, 1.54) is 12.8 Å². The first-order valence-corrected chi connectivity index (χ1v) is 7.24. The molecule has 2 aromatic rings. The van der Waals surface area contributed by atoms with Gasteiger partial charge in [-0.3, -0.25) is 0 Å². The van der Waals surface area contributed by atoms with Crippen molar-refractivity contribution < 1.29 is 5.11 Å². The number of thiophene rings is 1. The molecule has 2 heterocycles. The maximum absolute atomic E-state index is 9.60. The lowest BCUT2D eigenvalue weighted by Gasteiger charge is -2.26. The highest BCUT2D eigenvalue weighted by Crippen LogP contribution is 2.38. The molecule has 0 aliphatic heterocycles. The van der Waals surface area contributed by atoms with Gasteiger partial charge in [0.05, 0.1) is 12.0 Å². The van der Waals surface area contributed by atoms with Gasteiger partial charge in [-0.2, -0.15) is 0 Å². The van der Waals surface area contributed by atoms with Crippen LogP contribution in [0.3, 0.4) is 0 Å². The molecule has 0 amide bonds. The summed E-state index contributed by atoms with van der Waals surface area (Å²) in [6, 6.07) is 2.04. The summed E-state index contributed by atoms with van der Waals surface area (Å²) < 4.78 is 0. The van der Waals surface area contributed by atoms with Crippen molar-refractivity contribution in [3.05, 3.63) is 17.8 Å². The van der Waals surface area contributed by atoms with Crippen molar-refractivity contribution in [3.63, 3.8) is 0 Å². The van der Waals surface area contributed by atoms with Crippen molar-refractivity contribution in [3.8, 4) is 0 Å². The van der Waals surface area contributed by atoms with E-state index in [9.17, 15) is 5.11 Å². The van der Waals surface area contributed by atoms with Gasteiger partial charge in [0.15, 0.2) is 0 Å². The van der Waals surface area contributed by atoms with Crippen LogP contribution in [0.15, 0.2) is 17.8 Å². The molecule has 1 saturated carbocycles. The summed E-state index contributed by atoms with van der Waals surface area (Å²) in [6.45, 7) is 1.06. The van der Waals surface area contributed by atoms with Gasteiger partial charge in [-0.1, -0.05) is 12.8 Å². The molecule has 1 aliphatic rings. The number of aliphatic hydroxyl groups is 1. The fourth-order valence-corrected chi connectivity index (χ4v) is 3.45. The highest BCUT2D eigenvalue weighted by molar-refractivity contribution is 7.16. The Hall–Kier alpha value is -1.20. The normalized spacial score (nSPS) is 18.3. The maximum Gasteiger partial charge on any atom is 0.138 e. The summed E-state index contributed by atoms with van der Waals surface area (Å²) in [5.41, 5.74) is 0.0489. The molecular weight excluding hydrogens is 246 g/mol. The van der Waals surface area contributed by atoms with Crippen molar-refractivity contribution in [1.82, 2.24) is 9.97 Å². The second-order valence-corrected chi connectivity index (χ2v) is 5.98. The fourth-order valence-electron chi connectivity index (χ4n) is 2.72. The number of rotatable bonds is 4. The van der Waals surface area contributed by atoms with Crippen molar-refractivity contribution in [2.24, 2.45) is 5.41 Å². The van der Waals surface area contributed by atoms with E-state index in [4.69, 9.17) is 0 Å². The monoisotopic (exact) mass is 263 g/mol. The lowest BCUT2D eigenvalue weighted by molar-refractivity contribution is 0.142. The van der Waals surface area contributed by atoms with Crippen molar-refractivity contribution in [1.29, 1.82) is 0 Å². The molecule has 3 rings (SSSR count). The van der Waals surface area contributed by atoms with Crippen LogP contribution >= 0.6 is 11.3 Å². The first-order chi connectivity index (χ1) is 8.83. The van der Waals surface area contributed by atoms with Crippen LogP contribution in [0.5, 0.6) is 0 Å². The van der Waals surface area contributed by atoms with E-state index in [2.05, 4.69) is 15.3 Å². The van der Waals surface area contributed by atoms with Gasteiger partial charge in [-0.05, 0) is 24.3 Å². The smallest absolute Gasteiger partial charge is 0.138 e. The number of hydrogen-bond acceptors (Lipinski definition) is 5. The lowest BCUT2D eigenvalue weighted by atomic mass is 9.87. The topological polar surface area (TPSA) is 58.0 Å². The molecule has 2 aromatic heterocycles. The van der Waals surface area contributed by atoms with Crippen LogP contribution in [0.2, 0.25) is 0 Å². The molecule has 96 valence electrons. The number of nitrogens with zero attached hydrogens (tertiary/aromatic N) is 2. The molecule has 0 saturated heterocycles. The quantitative estimate of drug-likeness (QED) is 0.890. The van der Waals surface area contributed by atoms with Crippen LogP contribution in [0.1, 0.15) is 25.7 Å². The predicted octanol–water partition coefficient (Wildman–Crippen LogP) is 2.66. The highest BCUT2D eigenvalue weighted by Gasteiger charge is 2.33. The van der Waals surface area contributed by atoms with Gasteiger partial charge < -0.3 is 10.4 Å². The van der Waals surface area contributed by atoms with E-state index < -0.39 is 0 Å². The number of aliphatic hydroxyl groups excluding tert-OH is 1. The summed E-state index contributed by atoms with van der Waals surface area (Å²) in [6.07, 6.45) is 6.25. The van der Waals surface area contributed by atoms with Crippen molar-refractivity contribution in [2.75, 3.05) is 18.5 Å². The van der Waals surface area contributed by atoms with Gasteiger partial charge >= 0.3 is 0 Å². The van der Waals surface area contributed by atoms with Gasteiger partial charge in [0, 0.05) is 12.0 Å². The van der Waals surface area contributed by atoms with Gasteiger partial charge in [0.2, 0.25) is 0 Å². The van der Waals surface area contributed by atoms with E-state index >= 15 is 0 Å². The number of nitrogens with one attached hydrogen (secondary N) is 1. The minimum atomic E-state index is 0.0489. The molecule has 0 atom stereocenters. The second kappa shape index (κ2) is 4.82. The molecule has 1 fully saturated rings. The van der Waals surface area contributed by atoms with Gasteiger partial charge in [-0.15, -0.1) is 11.3 Å². The third kappa shape index (κ3) is 2.08. The number of hydrogen-bond donors (Lipinski definition) is 2. The zero-order valence-corrected chi connectivity index (χ0v) is 11.0. The molecule has 0 radical (unpaired) electrons. The molecule has 0 spiro atoms. The number of fused-ring (bicyclic) bond motifs is 1. The summed E-state index contributed by atoms with van der Waals surface area (Å²) in [5, 5.41) is 16.1. The van der Waals surface area contributed by atoms with E-state index in [0.29, 0.717) is 0 Å². The second-order valence-electron chi connectivity index (χ2n) is 5.08. The van der Waals surface area contributed by atoms with E-state index in [-0.39, 0.29) is 12.0 Å². The first kappa shape index (κ1) is 11.9.